The first-order valence-electron chi connectivity index (χ1n) is 2.41. The van der Waals surface area contributed by atoms with Gasteiger partial charge in [0.25, 0.3) is 0 Å². The molecule has 54 valence electrons. The van der Waals surface area contributed by atoms with Gasteiger partial charge < -0.3 is 9.84 Å². The fraction of sp³-hybridized carbons (Fsp3) is 0.500. The van der Waals surface area contributed by atoms with Crippen LogP contribution in [0, 0.1) is 0 Å². The van der Waals surface area contributed by atoms with Crippen molar-refractivity contribution in [3.8, 4) is 0 Å². The lowest BCUT2D eigenvalue weighted by Gasteiger charge is -1.93. The zero-order valence-electron chi connectivity index (χ0n) is 5.97. The van der Waals surface area contributed by atoms with Crippen LogP contribution in [-0.2, 0) is 9.53 Å². The number of hydrogen-bond donors (Lipinski definition) is 1. The van der Waals surface area contributed by atoms with Crippen LogP contribution in [0.3, 0.4) is 0 Å². The van der Waals surface area contributed by atoms with Crippen molar-refractivity contribution in [3.63, 3.8) is 0 Å². The maximum Gasteiger partial charge on any atom is 0.307 e. The summed E-state index contributed by atoms with van der Waals surface area (Å²) >= 11 is 0. The quantitative estimate of drug-likeness (QED) is 0.422. The van der Waals surface area contributed by atoms with E-state index in [4.69, 9.17) is 5.11 Å². The summed E-state index contributed by atoms with van der Waals surface area (Å²) in [5, 5.41) is 7.00. The first-order chi connectivity index (χ1) is 4.13. The number of esters is 1. The van der Waals surface area contributed by atoms with Gasteiger partial charge in [-0.15, -0.1) is 0 Å². The third kappa shape index (κ3) is 19.1. The van der Waals surface area contributed by atoms with Crippen molar-refractivity contribution in [2.24, 2.45) is 0 Å². The topological polar surface area (TPSA) is 46.5 Å². The molecular weight excluding hydrogens is 120 g/mol. The average molecular weight is 132 g/mol. The molecule has 0 aromatic rings. The highest BCUT2D eigenvalue weighted by Crippen LogP contribution is 1.87. The minimum Gasteiger partial charge on any atom is -0.432 e. The number of allylic oxidation sites excluding steroid dienone is 1. The van der Waals surface area contributed by atoms with Crippen LogP contribution in [0.5, 0.6) is 0 Å². The molecule has 0 saturated carbocycles. The molecule has 3 heteroatoms. The lowest BCUT2D eigenvalue weighted by atomic mass is 10.6. The van der Waals surface area contributed by atoms with Crippen molar-refractivity contribution >= 4 is 5.97 Å². The van der Waals surface area contributed by atoms with Gasteiger partial charge in [-0.3, -0.25) is 4.79 Å². The van der Waals surface area contributed by atoms with Crippen molar-refractivity contribution in [1.82, 2.24) is 0 Å². The largest absolute Gasteiger partial charge is 0.432 e. The highest BCUT2D eigenvalue weighted by molar-refractivity contribution is 5.67. The van der Waals surface area contributed by atoms with Gasteiger partial charge in [-0.2, -0.15) is 0 Å². The van der Waals surface area contributed by atoms with Gasteiger partial charge in [-0.1, -0.05) is 6.58 Å². The number of rotatable bonds is 1. The molecule has 0 unspecified atom stereocenters. The van der Waals surface area contributed by atoms with Gasteiger partial charge in [0.05, 0.1) is 5.76 Å². The molecule has 0 amide bonds. The molecule has 0 bridgehead atoms. The maximum atomic E-state index is 9.97. The summed E-state index contributed by atoms with van der Waals surface area (Å²) in [5.74, 6) is 0.125. The second kappa shape index (κ2) is 7.17. The smallest absolute Gasteiger partial charge is 0.307 e. The van der Waals surface area contributed by atoms with Crippen LogP contribution in [0.15, 0.2) is 12.3 Å². The SMILES string of the molecule is C=C(C)OC(C)=O.CO. The van der Waals surface area contributed by atoms with Crippen molar-refractivity contribution in [2.45, 2.75) is 13.8 Å². The van der Waals surface area contributed by atoms with Gasteiger partial charge in [-0.05, 0) is 6.92 Å². The molecule has 3 nitrogen and oxygen atoms in total. The normalized spacial score (nSPS) is 6.67. The zero-order valence-corrected chi connectivity index (χ0v) is 5.97. The molecule has 0 spiro atoms. The standard InChI is InChI=1S/C5H8O2.CH4O/c1-4(2)7-5(3)6;1-2/h1H2,2-3H3;2H,1H3. The fourth-order valence-electron chi connectivity index (χ4n) is 0.245. The average Bonchev–Trinajstić information content (AvgIpc) is 1.68. The predicted molar refractivity (Wildman–Crippen MR) is 34.7 cm³/mol. The Bertz CT molecular complexity index is 84.5. The second-order valence-corrected chi connectivity index (χ2v) is 1.30. The molecular formula is C6H12O3. The lowest BCUT2D eigenvalue weighted by molar-refractivity contribution is -0.136. The van der Waals surface area contributed by atoms with Gasteiger partial charge in [0.15, 0.2) is 0 Å². The van der Waals surface area contributed by atoms with Gasteiger partial charge in [0, 0.05) is 14.0 Å². The molecule has 0 aliphatic rings. The van der Waals surface area contributed by atoms with Gasteiger partial charge in [0.2, 0.25) is 0 Å². The summed E-state index contributed by atoms with van der Waals surface area (Å²) in [7, 11) is 1.00. The molecule has 9 heavy (non-hydrogen) atoms. The van der Waals surface area contributed by atoms with Crippen molar-refractivity contribution < 1.29 is 14.6 Å². The zero-order chi connectivity index (χ0) is 7.86. The summed E-state index contributed by atoms with van der Waals surface area (Å²) in [4.78, 5) is 9.97. The predicted octanol–water partition coefficient (Wildman–Crippen LogP) is 0.692. The van der Waals surface area contributed by atoms with Crippen molar-refractivity contribution in [2.75, 3.05) is 7.11 Å². The highest BCUT2D eigenvalue weighted by Gasteiger charge is 1.87. The third-order valence-corrected chi connectivity index (χ3v) is 0.318. The molecule has 0 heterocycles. The summed E-state index contributed by atoms with van der Waals surface area (Å²) < 4.78 is 4.42. The van der Waals surface area contributed by atoms with E-state index in [0.29, 0.717) is 5.76 Å². The Morgan fingerprint density at radius 2 is 1.78 bits per heavy atom. The van der Waals surface area contributed by atoms with Crippen LogP contribution in [0.2, 0.25) is 0 Å². The number of carbonyl (C=O) groups is 1. The second-order valence-electron chi connectivity index (χ2n) is 1.30. The molecule has 0 aliphatic heterocycles. The van der Waals surface area contributed by atoms with E-state index in [1.165, 1.54) is 6.92 Å². The summed E-state index contributed by atoms with van der Waals surface area (Å²) in [6, 6.07) is 0. The van der Waals surface area contributed by atoms with E-state index in [-0.39, 0.29) is 5.97 Å². The third-order valence-electron chi connectivity index (χ3n) is 0.318. The first kappa shape index (κ1) is 11.0. The fourth-order valence-corrected chi connectivity index (χ4v) is 0.245. The minimum absolute atomic E-state index is 0.312. The van der Waals surface area contributed by atoms with Crippen LogP contribution in [-0.4, -0.2) is 18.2 Å². The molecule has 0 aliphatic carbocycles. The molecule has 0 saturated heterocycles. The molecule has 0 atom stereocenters. The molecule has 1 N–H and O–H groups in total. The van der Waals surface area contributed by atoms with E-state index in [9.17, 15) is 4.79 Å². The van der Waals surface area contributed by atoms with Crippen LogP contribution in [0.1, 0.15) is 13.8 Å². The van der Waals surface area contributed by atoms with E-state index in [0.717, 1.165) is 7.11 Å². The summed E-state index contributed by atoms with van der Waals surface area (Å²) in [6.07, 6.45) is 0. The van der Waals surface area contributed by atoms with E-state index in [1.807, 2.05) is 0 Å². The molecule has 0 rings (SSSR count). The summed E-state index contributed by atoms with van der Waals surface area (Å²) in [5.41, 5.74) is 0. The number of hydrogen-bond acceptors (Lipinski definition) is 3. The highest BCUT2D eigenvalue weighted by atomic mass is 16.5. The Morgan fingerprint density at radius 3 is 1.78 bits per heavy atom. The van der Waals surface area contributed by atoms with Crippen molar-refractivity contribution in [3.05, 3.63) is 12.3 Å². The van der Waals surface area contributed by atoms with Crippen LogP contribution in [0.25, 0.3) is 0 Å². The number of aliphatic hydroxyl groups is 1. The van der Waals surface area contributed by atoms with E-state index in [1.54, 1.807) is 6.92 Å². The molecule has 0 aromatic heterocycles. The Morgan fingerprint density at radius 1 is 1.44 bits per heavy atom. The van der Waals surface area contributed by atoms with Gasteiger partial charge in [0.1, 0.15) is 0 Å². The van der Waals surface area contributed by atoms with E-state index in [2.05, 4.69) is 11.3 Å². The molecule has 0 radical (unpaired) electrons. The summed E-state index contributed by atoms with van der Waals surface area (Å²) in [6.45, 7) is 6.32. The lowest BCUT2D eigenvalue weighted by Crippen LogP contribution is -1.93. The van der Waals surface area contributed by atoms with E-state index >= 15 is 0 Å². The van der Waals surface area contributed by atoms with Crippen molar-refractivity contribution in [1.29, 1.82) is 0 Å². The Balaban J connectivity index is 0. The Kier molecular flexibility index (Phi) is 8.79. The maximum absolute atomic E-state index is 9.97. The minimum atomic E-state index is -0.312. The van der Waals surface area contributed by atoms with Crippen LogP contribution < -0.4 is 0 Å². The Labute approximate surface area is 54.9 Å². The van der Waals surface area contributed by atoms with Crippen LogP contribution >= 0.6 is 0 Å². The number of aliphatic hydroxyl groups excluding tert-OH is 1. The van der Waals surface area contributed by atoms with Gasteiger partial charge in [-0.25, -0.2) is 0 Å². The number of ether oxygens (including phenoxy) is 1. The van der Waals surface area contributed by atoms with E-state index < -0.39 is 0 Å². The number of carbonyl (C=O) groups excluding carboxylic acids is 1. The first-order valence-corrected chi connectivity index (χ1v) is 2.41. The monoisotopic (exact) mass is 132 g/mol. The van der Waals surface area contributed by atoms with Crippen LogP contribution in [0.4, 0.5) is 0 Å². The van der Waals surface area contributed by atoms with Gasteiger partial charge >= 0.3 is 5.97 Å². The molecule has 0 aromatic carbocycles. The Hall–Kier alpha value is -0.830. The molecule has 0 fully saturated rings.